The topological polar surface area (TPSA) is 113 Å². The van der Waals surface area contributed by atoms with E-state index in [0.29, 0.717) is 51.8 Å². The quantitative estimate of drug-likeness (QED) is 0.449. The predicted molar refractivity (Wildman–Crippen MR) is 114 cm³/mol. The Hall–Kier alpha value is -3.97. The lowest BCUT2D eigenvalue weighted by molar-refractivity contribution is 0.0697. The van der Waals surface area contributed by atoms with E-state index in [0.717, 1.165) is 0 Å². The third-order valence-electron chi connectivity index (χ3n) is 4.71. The summed E-state index contributed by atoms with van der Waals surface area (Å²) >= 11 is 1.28. The number of nitrogens with one attached hydrogen (secondary N) is 1. The van der Waals surface area contributed by atoms with Crippen molar-refractivity contribution in [3.05, 3.63) is 59.1 Å². The molecule has 0 saturated carbocycles. The number of hydrogen-bond donors (Lipinski definition) is 2. The lowest BCUT2D eigenvalue weighted by Gasteiger charge is -2.11. The molecule has 3 heterocycles. The number of carboxylic acids is 1. The molecule has 0 radical (unpaired) electrons. The van der Waals surface area contributed by atoms with Gasteiger partial charge in [-0.05, 0) is 24.3 Å². The van der Waals surface area contributed by atoms with Crippen molar-refractivity contribution in [3.8, 4) is 22.4 Å². The Bertz CT molecular complexity index is 1320. The van der Waals surface area contributed by atoms with E-state index in [-0.39, 0.29) is 5.56 Å². The first-order chi connectivity index (χ1) is 15.0. The number of thiophene rings is 1. The van der Waals surface area contributed by atoms with E-state index < -0.39 is 11.8 Å². The fraction of sp³-hybridized carbons (Fsp3) is 0.143. The van der Waals surface area contributed by atoms with E-state index in [4.69, 9.17) is 9.84 Å². The second-order valence-electron chi connectivity index (χ2n) is 6.52. The molecule has 0 amide bonds. The number of carbonyl (C=O) groups is 1. The van der Waals surface area contributed by atoms with Gasteiger partial charge in [0, 0.05) is 29.9 Å². The van der Waals surface area contributed by atoms with E-state index in [1.54, 1.807) is 28.1 Å². The average Bonchev–Trinajstić information content (AvgIpc) is 3.40. The van der Waals surface area contributed by atoms with Crippen molar-refractivity contribution < 1.29 is 19.0 Å². The molecule has 0 spiro atoms. The highest BCUT2D eigenvalue weighted by Crippen LogP contribution is 2.31. The van der Waals surface area contributed by atoms with Crippen LogP contribution in [0.15, 0.2) is 42.0 Å². The van der Waals surface area contributed by atoms with Gasteiger partial charge in [0.05, 0.1) is 28.8 Å². The number of carboxylic acid groups (broad SMARTS) is 1. The number of benzene rings is 1. The fourth-order valence-corrected chi connectivity index (χ4v) is 4.13. The van der Waals surface area contributed by atoms with E-state index in [9.17, 15) is 14.4 Å². The number of anilines is 1. The van der Waals surface area contributed by atoms with E-state index in [1.165, 1.54) is 36.9 Å². The van der Waals surface area contributed by atoms with Crippen molar-refractivity contribution in [2.75, 3.05) is 19.0 Å². The van der Waals surface area contributed by atoms with Crippen LogP contribution in [0.3, 0.4) is 0 Å². The number of aromatic carboxylic acids is 1. The zero-order chi connectivity index (χ0) is 22.0. The van der Waals surface area contributed by atoms with Crippen LogP contribution in [0.4, 0.5) is 10.2 Å². The molecule has 2 N–H and O–H groups in total. The molecular weight excluding hydrogens is 421 g/mol. The standard InChI is InChI=1S/C21H16FN5O3S/c1-30-17-3-2-15(22)20-14(17)7-13(9-23)27(20)5-4-24-19-8-16(25-11-26-19)18-6-12(10-31-18)21(28)29/h2-3,6-8,10-11H,4-5H2,1H3,(H,28,29)(H,24,25,26). The molecule has 1 aromatic carbocycles. The molecule has 4 aromatic rings. The van der Waals surface area contributed by atoms with Crippen molar-refractivity contribution in [3.63, 3.8) is 0 Å². The van der Waals surface area contributed by atoms with Crippen molar-refractivity contribution in [1.82, 2.24) is 14.5 Å². The zero-order valence-electron chi connectivity index (χ0n) is 16.3. The predicted octanol–water partition coefficient (Wildman–Crippen LogP) is 3.99. The van der Waals surface area contributed by atoms with Crippen molar-refractivity contribution in [2.24, 2.45) is 0 Å². The van der Waals surface area contributed by atoms with Crippen LogP contribution in [0.2, 0.25) is 0 Å². The molecular formula is C21H16FN5O3S. The van der Waals surface area contributed by atoms with Crippen molar-refractivity contribution in [1.29, 1.82) is 5.26 Å². The number of fused-ring (bicyclic) bond motifs is 1. The first-order valence-corrected chi connectivity index (χ1v) is 10.0. The van der Waals surface area contributed by atoms with Crippen LogP contribution in [-0.4, -0.2) is 39.3 Å². The van der Waals surface area contributed by atoms with Gasteiger partial charge in [-0.15, -0.1) is 11.3 Å². The number of halogens is 1. The number of ether oxygens (including phenoxy) is 1. The largest absolute Gasteiger partial charge is 0.496 e. The SMILES string of the molecule is COc1ccc(F)c2c1cc(C#N)n2CCNc1cc(-c2cc(C(=O)O)cs2)ncn1. The normalized spacial score (nSPS) is 10.7. The maximum atomic E-state index is 14.5. The number of rotatable bonds is 7. The van der Waals surface area contributed by atoms with Gasteiger partial charge in [0.2, 0.25) is 0 Å². The third-order valence-corrected chi connectivity index (χ3v) is 5.66. The van der Waals surface area contributed by atoms with Gasteiger partial charge in [-0.2, -0.15) is 5.26 Å². The Morgan fingerprint density at radius 3 is 2.90 bits per heavy atom. The molecule has 3 aromatic heterocycles. The van der Waals surface area contributed by atoms with Crippen LogP contribution >= 0.6 is 11.3 Å². The summed E-state index contributed by atoms with van der Waals surface area (Å²) in [6, 6.07) is 9.81. The number of aromatic nitrogens is 3. The summed E-state index contributed by atoms with van der Waals surface area (Å²) in [7, 11) is 1.50. The Balaban J connectivity index is 1.54. The minimum Gasteiger partial charge on any atom is -0.496 e. The summed E-state index contributed by atoms with van der Waals surface area (Å²) in [6.07, 6.45) is 1.38. The maximum absolute atomic E-state index is 14.5. The highest BCUT2D eigenvalue weighted by Gasteiger charge is 2.16. The van der Waals surface area contributed by atoms with Crippen LogP contribution in [0.1, 0.15) is 16.1 Å². The van der Waals surface area contributed by atoms with Gasteiger partial charge in [0.1, 0.15) is 35.5 Å². The molecule has 4 rings (SSSR count). The molecule has 0 aliphatic carbocycles. The van der Waals surface area contributed by atoms with Gasteiger partial charge in [0.15, 0.2) is 0 Å². The summed E-state index contributed by atoms with van der Waals surface area (Å²) in [5.74, 6) is -0.403. The summed E-state index contributed by atoms with van der Waals surface area (Å²) in [6.45, 7) is 0.689. The second-order valence-corrected chi connectivity index (χ2v) is 7.44. The number of nitriles is 1. The van der Waals surface area contributed by atoms with Crippen molar-refractivity contribution >= 4 is 34.0 Å². The monoisotopic (exact) mass is 437 g/mol. The van der Waals surface area contributed by atoms with Crippen LogP contribution in [0, 0.1) is 17.1 Å². The molecule has 0 aliphatic rings. The molecule has 0 saturated heterocycles. The fourth-order valence-electron chi connectivity index (χ4n) is 3.28. The average molecular weight is 437 g/mol. The van der Waals surface area contributed by atoms with Gasteiger partial charge in [-0.25, -0.2) is 19.2 Å². The summed E-state index contributed by atoms with van der Waals surface area (Å²) in [5, 5.41) is 23.8. The smallest absolute Gasteiger partial charge is 0.336 e. The number of nitrogens with zero attached hydrogens (tertiary/aromatic N) is 4. The van der Waals surface area contributed by atoms with E-state index in [2.05, 4.69) is 21.4 Å². The van der Waals surface area contributed by atoms with E-state index >= 15 is 0 Å². The Kier molecular flexibility index (Phi) is 5.51. The van der Waals surface area contributed by atoms with Crippen LogP contribution < -0.4 is 10.1 Å². The molecule has 0 atom stereocenters. The molecule has 31 heavy (non-hydrogen) atoms. The molecule has 0 aliphatic heterocycles. The molecule has 156 valence electrons. The Morgan fingerprint density at radius 1 is 1.35 bits per heavy atom. The van der Waals surface area contributed by atoms with Gasteiger partial charge in [-0.3, -0.25) is 0 Å². The van der Waals surface area contributed by atoms with Gasteiger partial charge in [0.25, 0.3) is 0 Å². The van der Waals surface area contributed by atoms with Crippen LogP contribution in [0.5, 0.6) is 5.75 Å². The molecule has 10 heteroatoms. The number of methoxy groups -OCH3 is 1. The van der Waals surface area contributed by atoms with Gasteiger partial charge in [-0.1, -0.05) is 0 Å². The Labute approximate surface area is 180 Å². The maximum Gasteiger partial charge on any atom is 0.336 e. The zero-order valence-corrected chi connectivity index (χ0v) is 17.1. The first kappa shape index (κ1) is 20.3. The summed E-state index contributed by atoms with van der Waals surface area (Å²) in [4.78, 5) is 20.2. The highest BCUT2D eigenvalue weighted by atomic mass is 32.1. The lowest BCUT2D eigenvalue weighted by atomic mass is 10.2. The highest BCUT2D eigenvalue weighted by molar-refractivity contribution is 7.13. The van der Waals surface area contributed by atoms with E-state index in [1.807, 2.05) is 0 Å². The second kappa shape index (κ2) is 8.41. The molecule has 0 fully saturated rings. The lowest BCUT2D eigenvalue weighted by Crippen LogP contribution is -2.13. The van der Waals surface area contributed by atoms with Crippen LogP contribution in [-0.2, 0) is 6.54 Å². The molecule has 8 nitrogen and oxygen atoms in total. The van der Waals surface area contributed by atoms with Gasteiger partial charge >= 0.3 is 5.97 Å². The minimum atomic E-state index is -0.994. The molecule has 0 unspecified atom stereocenters. The van der Waals surface area contributed by atoms with Crippen LogP contribution in [0.25, 0.3) is 21.5 Å². The summed E-state index contributed by atoms with van der Waals surface area (Å²) < 4.78 is 21.4. The Morgan fingerprint density at radius 2 is 2.19 bits per heavy atom. The minimum absolute atomic E-state index is 0.203. The van der Waals surface area contributed by atoms with Crippen molar-refractivity contribution in [2.45, 2.75) is 6.54 Å². The third kappa shape index (κ3) is 3.91. The first-order valence-electron chi connectivity index (χ1n) is 9.15. The van der Waals surface area contributed by atoms with Gasteiger partial charge < -0.3 is 19.7 Å². The summed E-state index contributed by atoms with van der Waals surface area (Å²) in [5.41, 5.74) is 1.42. The number of hydrogen-bond acceptors (Lipinski definition) is 7. The molecule has 0 bridgehead atoms.